The highest BCUT2D eigenvalue weighted by Gasteiger charge is 2.10. The van der Waals surface area contributed by atoms with E-state index in [9.17, 15) is 10.1 Å². The summed E-state index contributed by atoms with van der Waals surface area (Å²) in [4.78, 5) is 12.5. The average Bonchev–Trinajstić information content (AvgIpc) is 2.71. The lowest BCUT2D eigenvalue weighted by atomic mass is 10.1. The fourth-order valence-electron chi connectivity index (χ4n) is 2.39. The molecule has 0 saturated carbocycles. The molecule has 4 nitrogen and oxygen atoms in total. The summed E-state index contributed by atoms with van der Waals surface area (Å²) in [6, 6.07) is 14.4. The SMILES string of the molecule is CC.CC.CC/C=C(/c1ccc([N+](=O)[O-])cc1)N(C)Cc1ccc(Cl)cc1. The molecule has 0 spiro atoms. The third-order valence-corrected chi connectivity index (χ3v) is 3.77. The van der Waals surface area contributed by atoms with Crippen molar-refractivity contribution in [3.63, 3.8) is 0 Å². The molecular weight excluding hydrogens is 360 g/mol. The monoisotopic (exact) mass is 390 g/mol. The predicted octanol–water partition coefficient (Wildman–Crippen LogP) is 7.18. The van der Waals surface area contributed by atoms with Crippen molar-refractivity contribution in [2.45, 2.75) is 47.6 Å². The van der Waals surface area contributed by atoms with Crippen molar-refractivity contribution in [1.29, 1.82) is 0 Å². The van der Waals surface area contributed by atoms with Crippen LogP contribution in [0, 0.1) is 10.1 Å². The van der Waals surface area contributed by atoms with Crippen LogP contribution in [0.1, 0.15) is 52.2 Å². The van der Waals surface area contributed by atoms with Gasteiger partial charge in [0.1, 0.15) is 0 Å². The number of nitro groups is 1. The minimum atomic E-state index is -0.385. The standard InChI is InChI=1S/C18H19ClN2O2.2C2H6/c1-3-4-18(15-7-11-17(12-8-15)21(22)23)20(2)13-14-5-9-16(19)10-6-14;2*1-2/h4-12H,3,13H2,1-2H3;2*1-2H3/b18-4-;;. The van der Waals surface area contributed by atoms with E-state index in [-0.39, 0.29) is 10.6 Å². The second kappa shape index (κ2) is 13.8. The van der Waals surface area contributed by atoms with Crippen molar-refractivity contribution < 1.29 is 4.92 Å². The molecule has 0 aliphatic carbocycles. The molecule has 2 rings (SSSR count). The van der Waals surface area contributed by atoms with Crippen LogP contribution in [-0.2, 0) is 6.54 Å². The smallest absolute Gasteiger partial charge is 0.269 e. The third kappa shape index (κ3) is 8.27. The van der Waals surface area contributed by atoms with E-state index in [0.29, 0.717) is 0 Å². The van der Waals surface area contributed by atoms with Crippen LogP contribution < -0.4 is 0 Å². The van der Waals surface area contributed by atoms with E-state index in [1.165, 1.54) is 12.1 Å². The van der Waals surface area contributed by atoms with Gasteiger partial charge in [-0.2, -0.15) is 0 Å². The van der Waals surface area contributed by atoms with Crippen LogP contribution in [0.4, 0.5) is 5.69 Å². The maximum Gasteiger partial charge on any atom is 0.269 e. The Morgan fingerprint density at radius 3 is 2.00 bits per heavy atom. The summed E-state index contributed by atoms with van der Waals surface area (Å²) in [5.74, 6) is 0. The molecule has 0 bridgehead atoms. The largest absolute Gasteiger partial charge is 0.370 e. The quantitative estimate of drug-likeness (QED) is 0.387. The van der Waals surface area contributed by atoms with Crippen LogP contribution >= 0.6 is 11.6 Å². The van der Waals surface area contributed by atoms with E-state index in [1.54, 1.807) is 12.1 Å². The number of nitrogens with zero attached hydrogens (tertiary/aromatic N) is 2. The molecule has 0 N–H and O–H groups in total. The van der Waals surface area contributed by atoms with Crippen LogP contribution in [0.25, 0.3) is 5.70 Å². The van der Waals surface area contributed by atoms with E-state index < -0.39 is 0 Å². The molecule has 0 radical (unpaired) electrons. The number of halogens is 1. The molecule has 5 heteroatoms. The topological polar surface area (TPSA) is 46.4 Å². The molecule has 0 atom stereocenters. The normalized spacial score (nSPS) is 10.1. The molecule has 2 aromatic rings. The zero-order valence-corrected chi connectivity index (χ0v) is 18.0. The summed E-state index contributed by atoms with van der Waals surface area (Å²) in [6.07, 6.45) is 3.01. The van der Waals surface area contributed by atoms with Crippen molar-refractivity contribution in [3.05, 3.63) is 80.9 Å². The lowest BCUT2D eigenvalue weighted by Gasteiger charge is -2.23. The van der Waals surface area contributed by atoms with Crippen molar-refractivity contribution in [2.24, 2.45) is 0 Å². The third-order valence-electron chi connectivity index (χ3n) is 3.52. The minimum absolute atomic E-state index is 0.102. The number of hydrogen-bond acceptors (Lipinski definition) is 3. The molecule has 148 valence electrons. The fraction of sp³-hybridized carbons (Fsp3) is 0.364. The van der Waals surface area contributed by atoms with Gasteiger partial charge in [-0.05, 0) is 41.8 Å². The molecule has 0 aromatic heterocycles. The van der Waals surface area contributed by atoms with Gasteiger partial charge < -0.3 is 4.90 Å². The molecule has 27 heavy (non-hydrogen) atoms. The van der Waals surface area contributed by atoms with Gasteiger partial charge in [0.25, 0.3) is 5.69 Å². The van der Waals surface area contributed by atoms with E-state index in [2.05, 4.69) is 17.9 Å². The van der Waals surface area contributed by atoms with Crippen molar-refractivity contribution >= 4 is 23.0 Å². The first-order valence-electron chi connectivity index (χ1n) is 9.42. The summed E-state index contributed by atoms with van der Waals surface area (Å²) in [5.41, 5.74) is 3.28. The maximum absolute atomic E-state index is 10.8. The number of hydrogen-bond donors (Lipinski definition) is 0. The molecule has 0 amide bonds. The van der Waals surface area contributed by atoms with Gasteiger partial charge >= 0.3 is 0 Å². The Labute approximate surface area is 168 Å². The number of benzene rings is 2. The van der Waals surface area contributed by atoms with Gasteiger partial charge in [-0.15, -0.1) is 0 Å². The zero-order valence-electron chi connectivity index (χ0n) is 17.2. The van der Waals surface area contributed by atoms with Crippen molar-refractivity contribution in [2.75, 3.05) is 7.05 Å². The lowest BCUT2D eigenvalue weighted by molar-refractivity contribution is -0.384. The molecule has 0 heterocycles. The summed E-state index contributed by atoms with van der Waals surface area (Å²) in [5, 5.41) is 11.5. The van der Waals surface area contributed by atoms with Gasteiger partial charge in [-0.25, -0.2) is 0 Å². The Kier molecular flexibility index (Phi) is 12.6. The molecule has 0 saturated heterocycles. The van der Waals surface area contributed by atoms with Crippen LogP contribution in [-0.4, -0.2) is 16.9 Å². The highest BCUT2D eigenvalue weighted by molar-refractivity contribution is 6.30. The molecular formula is C22H31ClN2O2. The van der Waals surface area contributed by atoms with Crippen LogP contribution in [0.15, 0.2) is 54.6 Å². The molecule has 0 aliphatic heterocycles. The fourth-order valence-corrected chi connectivity index (χ4v) is 2.52. The van der Waals surface area contributed by atoms with Crippen LogP contribution in [0.3, 0.4) is 0 Å². The Morgan fingerprint density at radius 2 is 1.56 bits per heavy atom. The van der Waals surface area contributed by atoms with Crippen LogP contribution in [0.5, 0.6) is 0 Å². The first-order chi connectivity index (χ1) is 13.0. The Hall–Kier alpha value is -2.33. The Bertz CT molecular complexity index is 695. The highest BCUT2D eigenvalue weighted by Crippen LogP contribution is 2.23. The van der Waals surface area contributed by atoms with E-state index in [4.69, 9.17) is 11.6 Å². The van der Waals surface area contributed by atoms with Gasteiger partial charge in [-0.1, -0.05) is 64.4 Å². The predicted molar refractivity (Wildman–Crippen MR) is 117 cm³/mol. The average molecular weight is 391 g/mol. The molecule has 0 fully saturated rings. The van der Waals surface area contributed by atoms with Gasteiger partial charge in [0.15, 0.2) is 0 Å². The number of allylic oxidation sites excluding steroid dienone is 1. The lowest BCUT2D eigenvalue weighted by Crippen LogP contribution is -2.16. The first-order valence-corrected chi connectivity index (χ1v) is 9.79. The van der Waals surface area contributed by atoms with E-state index in [0.717, 1.165) is 34.8 Å². The van der Waals surface area contributed by atoms with E-state index >= 15 is 0 Å². The maximum atomic E-state index is 10.8. The first kappa shape index (κ1) is 24.7. The number of nitro benzene ring substituents is 1. The van der Waals surface area contributed by atoms with Gasteiger partial charge in [0, 0.05) is 36.4 Å². The summed E-state index contributed by atoms with van der Waals surface area (Å²) in [6.45, 7) is 10.8. The van der Waals surface area contributed by atoms with Gasteiger partial charge in [-0.3, -0.25) is 10.1 Å². The molecule has 2 aromatic carbocycles. The van der Waals surface area contributed by atoms with Crippen LogP contribution in [0.2, 0.25) is 5.02 Å². The van der Waals surface area contributed by atoms with E-state index in [1.807, 2.05) is 59.0 Å². The Morgan fingerprint density at radius 1 is 1.04 bits per heavy atom. The van der Waals surface area contributed by atoms with Gasteiger partial charge in [0.2, 0.25) is 0 Å². The second-order valence-corrected chi connectivity index (χ2v) is 5.72. The summed E-state index contributed by atoms with van der Waals surface area (Å²) >= 11 is 5.92. The van der Waals surface area contributed by atoms with Crippen molar-refractivity contribution in [3.8, 4) is 0 Å². The Balaban J connectivity index is 0.00000158. The number of non-ortho nitro benzene ring substituents is 1. The summed E-state index contributed by atoms with van der Waals surface area (Å²) < 4.78 is 0. The minimum Gasteiger partial charge on any atom is -0.370 e. The highest BCUT2D eigenvalue weighted by atomic mass is 35.5. The van der Waals surface area contributed by atoms with Gasteiger partial charge in [0.05, 0.1) is 4.92 Å². The molecule has 0 unspecified atom stereocenters. The number of rotatable bonds is 6. The van der Waals surface area contributed by atoms with Crippen molar-refractivity contribution in [1.82, 2.24) is 4.90 Å². The summed E-state index contributed by atoms with van der Waals surface area (Å²) in [7, 11) is 2.01. The second-order valence-electron chi connectivity index (χ2n) is 5.28. The zero-order chi connectivity index (χ0) is 20.8. The molecule has 0 aliphatic rings.